The second-order valence-corrected chi connectivity index (χ2v) is 5.42. The molecule has 0 atom stereocenters. The van der Waals surface area contributed by atoms with Gasteiger partial charge < -0.3 is 4.90 Å². The fourth-order valence-corrected chi connectivity index (χ4v) is 2.65. The number of nitrogens with zero attached hydrogens (tertiary/aromatic N) is 2. The number of rotatable bonds is 6. The second-order valence-electron chi connectivity index (χ2n) is 5.42. The molecule has 1 aliphatic heterocycles. The molecule has 0 amide bonds. The zero-order valence-electron chi connectivity index (χ0n) is 12.1. The van der Waals surface area contributed by atoms with Gasteiger partial charge in [0.25, 0.3) is 0 Å². The van der Waals surface area contributed by atoms with Crippen LogP contribution in [0.1, 0.15) is 18.9 Å². The van der Waals surface area contributed by atoms with Crippen LogP contribution in [-0.4, -0.2) is 54.9 Å². The van der Waals surface area contributed by atoms with E-state index in [1.54, 1.807) is 18.2 Å². The summed E-state index contributed by atoms with van der Waals surface area (Å²) >= 11 is 0. The SMILES string of the molecule is CCCN1CCN(CC(=O)Cc2ccccc2F)CC1. The van der Waals surface area contributed by atoms with Gasteiger partial charge in [0.05, 0.1) is 6.54 Å². The smallest absolute Gasteiger partial charge is 0.151 e. The molecule has 0 bridgehead atoms. The van der Waals surface area contributed by atoms with Gasteiger partial charge in [-0.2, -0.15) is 0 Å². The van der Waals surface area contributed by atoms with E-state index in [0.29, 0.717) is 12.1 Å². The standard InChI is InChI=1S/C16H23FN2O/c1-2-7-18-8-10-19(11-9-18)13-15(20)12-14-5-3-4-6-16(14)17/h3-6H,2,7-13H2,1H3. The highest BCUT2D eigenvalue weighted by Gasteiger charge is 2.18. The lowest BCUT2D eigenvalue weighted by atomic mass is 10.1. The maximum atomic E-state index is 13.5. The van der Waals surface area contributed by atoms with Crippen LogP contribution in [0.25, 0.3) is 0 Å². The van der Waals surface area contributed by atoms with Crippen molar-refractivity contribution < 1.29 is 9.18 Å². The van der Waals surface area contributed by atoms with E-state index < -0.39 is 0 Å². The molecular weight excluding hydrogens is 255 g/mol. The van der Waals surface area contributed by atoms with Crippen molar-refractivity contribution in [1.29, 1.82) is 0 Å². The molecule has 3 nitrogen and oxygen atoms in total. The van der Waals surface area contributed by atoms with Crippen LogP contribution in [-0.2, 0) is 11.2 Å². The Hall–Kier alpha value is -1.26. The minimum atomic E-state index is -0.284. The molecule has 0 aromatic heterocycles. The molecule has 1 saturated heterocycles. The number of Topliss-reactive ketones (excluding diaryl/α,β-unsaturated/α-hetero) is 1. The first-order valence-electron chi connectivity index (χ1n) is 7.39. The molecular formula is C16H23FN2O. The first-order chi connectivity index (χ1) is 9.69. The number of hydrogen-bond acceptors (Lipinski definition) is 3. The third-order valence-electron chi connectivity index (χ3n) is 3.75. The number of halogens is 1. The highest BCUT2D eigenvalue weighted by atomic mass is 19.1. The Bertz CT molecular complexity index is 442. The lowest BCUT2D eigenvalue weighted by Crippen LogP contribution is -2.48. The maximum Gasteiger partial charge on any atom is 0.151 e. The summed E-state index contributed by atoms with van der Waals surface area (Å²) in [5.41, 5.74) is 0.502. The molecule has 110 valence electrons. The van der Waals surface area contributed by atoms with E-state index in [4.69, 9.17) is 0 Å². The average molecular weight is 278 g/mol. The van der Waals surface area contributed by atoms with Crippen molar-refractivity contribution in [2.45, 2.75) is 19.8 Å². The molecule has 1 fully saturated rings. The molecule has 1 aromatic carbocycles. The van der Waals surface area contributed by atoms with E-state index in [1.165, 1.54) is 12.5 Å². The monoisotopic (exact) mass is 278 g/mol. The van der Waals surface area contributed by atoms with Crippen LogP contribution in [0.3, 0.4) is 0 Å². The minimum absolute atomic E-state index is 0.0963. The first kappa shape index (κ1) is 15.1. The summed E-state index contributed by atoms with van der Waals surface area (Å²) in [7, 11) is 0. The summed E-state index contributed by atoms with van der Waals surface area (Å²) < 4.78 is 13.5. The van der Waals surface area contributed by atoms with Gasteiger partial charge in [-0.15, -0.1) is 0 Å². The number of carbonyl (C=O) groups is 1. The van der Waals surface area contributed by atoms with Crippen LogP contribution in [0.2, 0.25) is 0 Å². The highest BCUT2D eigenvalue weighted by molar-refractivity contribution is 5.82. The summed E-state index contributed by atoms with van der Waals surface area (Å²) in [4.78, 5) is 16.6. The van der Waals surface area contributed by atoms with Crippen molar-refractivity contribution in [2.24, 2.45) is 0 Å². The van der Waals surface area contributed by atoms with Gasteiger partial charge in [-0.05, 0) is 24.6 Å². The predicted molar refractivity (Wildman–Crippen MR) is 78.3 cm³/mol. The Morgan fingerprint density at radius 2 is 1.80 bits per heavy atom. The van der Waals surface area contributed by atoms with Gasteiger partial charge in [0.1, 0.15) is 5.82 Å². The van der Waals surface area contributed by atoms with Gasteiger partial charge in [0.15, 0.2) is 5.78 Å². The van der Waals surface area contributed by atoms with Gasteiger partial charge in [-0.25, -0.2) is 4.39 Å². The molecule has 0 radical (unpaired) electrons. The van der Waals surface area contributed by atoms with E-state index in [2.05, 4.69) is 16.7 Å². The Labute approximate surface area is 120 Å². The van der Waals surface area contributed by atoms with Crippen LogP contribution >= 0.6 is 0 Å². The summed E-state index contributed by atoms with van der Waals surface area (Å²) in [6.07, 6.45) is 1.37. The van der Waals surface area contributed by atoms with Crippen LogP contribution in [0.4, 0.5) is 4.39 Å². The van der Waals surface area contributed by atoms with Gasteiger partial charge in [0, 0.05) is 32.6 Å². The predicted octanol–water partition coefficient (Wildman–Crippen LogP) is 1.96. The zero-order chi connectivity index (χ0) is 14.4. The molecule has 4 heteroatoms. The van der Waals surface area contributed by atoms with Crippen molar-refractivity contribution in [2.75, 3.05) is 39.3 Å². The molecule has 1 heterocycles. The Balaban J connectivity index is 1.77. The van der Waals surface area contributed by atoms with Crippen LogP contribution in [0.5, 0.6) is 0 Å². The molecule has 1 aliphatic rings. The number of carbonyl (C=O) groups excluding carboxylic acids is 1. The third-order valence-corrected chi connectivity index (χ3v) is 3.75. The number of piperazine rings is 1. The summed E-state index contributed by atoms with van der Waals surface area (Å²) in [6, 6.07) is 6.52. The van der Waals surface area contributed by atoms with Crippen molar-refractivity contribution in [3.8, 4) is 0 Å². The fraction of sp³-hybridized carbons (Fsp3) is 0.562. The van der Waals surface area contributed by atoms with Gasteiger partial charge in [-0.3, -0.25) is 9.69 Å². The molecule has 0 spiro atoms. The molecule has 2 rings (SSSR count). The van der Waals surface area contributed by atoms with Crippen LogP contribution < -0.4 is 0 Å². The maximum absolute atomic E-state index is 13.5. The molecule has 0 N–H and O–H groups in total. The van der Waals surface area contributed by atoms with E-state index >= 15 is 0 Å². The molecule has 20 heavy (non-hydrogen) atoms. The van der Waals surface area contributed by atoms with Crippen LogP contribution in [0.15, 0.2) is 24.3 Å². The number of ketones is 1. The van der Waals surface area contributed by atoms with Crippen LogP contribution in [0, 0.1) is 5.82 Å². The lowest BCUT2D eigenvalue weighted by Gasteiger charge is -2.34. The minimum Gasteiger partial charge on any atom is -0.301 e. The van der Waals surface area contributed by atoms with Gasteiger partial charge in [-0.1, -0.05) is 25.1 Å². The normalized spacial score (nSPS) is 17.3. The Kier molecular flexibility index (Phi) is 5.68. The second kappa shape index (κ2) is 7.50. The summed E-state index contributed by atoms with van der Waals surface area (Å²) in [5.74, 6) is -0.187. The summed E-state index contributed by atoms with van der Waals surface area (Å²) in [6.45, 7) is 7.68. The number of benzene rings is 1. The third kappa shape index (κ3) is 4.39. The van der Waals surface area contributed by atoms with E-state index in [9.17, 15) is 9.18 Å². The van der Waals surface area contributed by atoms with E-state index in [1.807, 2.05) is 0 Å². The Morgan fingerprint density at radius 1 is 1.15 bits per heavy atom. The topological polar surface area (TPSA) is 23.6 Å². The highest BCUT2D eigenvalue weighted by Crippen LogP contribution is 2.09. The van der Waals surface area contributed by atoms with Crippen molar-refractivity contribution in [3.63, 3.8) is 0 Å². The van der Waals surface area contributed by atoms with Crippen molar-refractivity contribution in [1.82, 2.24) is 9.80 Å². The van der Waals surface area contributed by atoms with E-state index in [0.717, 1.165) is 32.7 Å². The van der Waals surface area contributed by atoms with Gasteiger partial charge >= 0.3 is 0 Å². The lowest BCUT2D eigenvalue weighted by molar-refractivity contribution is -0.120. The fourth-order valence-electron chi connectivity index (χ4n) is 2.65. The largest absolute Gasteiger partial charge is 0.301 e. The molecule has 0 saturated carbocycles. The van der Waals surface area contributed by atoms with Crippen molar-refractivity contribution in [3.05, 3.63) is 35.6 Å². The van der Waals surface area contributed by atoms with E-state index in [-0.39, 0.29) is 18.0 Å². The molecule has 1 aromatic rings. The Morgan fingerprint density at radius 3 is 2.45 bits per heavy atom. The molecule has 0 unspecified atom stereocenters. The average Bonchev–Trinajstić information content (AvgIpc) is 2.44. The quantitative estimate of drug-likeness (QED) is 0.795. The molecule has 0 aliphatic carbocycles. The first-order valence-corrected chi connectivity index (χ1v) is 7.39. The number of hydrogen-bond donors (Lipinski definition) is 0. The van der Waals surface area contributed by atoms with Crippen molar-refractivity contribution >= 4 is 5.78 Å². The zero-order valence-corrected chi connectivity index (χ0v) is 12.1. The van der Waals surface area contributed by atoms with Gasteiger partial charge in [0.2, 0.25) is 0 Å². The summed E-state index contributed by atoms with van der Waals surface area (Å²) in [5, 5.41) is 0.